The Morgan fingerprint density at radius 3 is 2.55 bits per heavy atom. The Labute approximate surface area is 130 Å². The molecule has 5 nitrogen and oxygen atoms in total. The van der Waals surface area contributed by atoms with E-state index in [1.807, 2.05) is 0 Å². The van der Waals surface area contributed by atoms with E-state index in [-0.39, 0.29) is 11.9 Å². The fourth-order valence-electron chi connectivity index (χ4n) is 2.11. The summed E-state index contributed by atoms with van der Waals surface area (Å²) in [5.74, 6) is -1.13. The molecule has 1 heterocycles. The number of rotatable bonds is 2. The summed E-state index contributed by atoms with van der Waals surface area (Å²) in [5, 5.41) is 12.3. The van der Waals surface area contributed by atoms with Gasteiger partial charge in [-0.3, -0.25) is 4.79 Å². The van der Waals surface area contributed by atoms with Gasteiger partial charge in [0.05, 0.1) is 11.6 Å². The fourth-order valence-corrected chi connectivity index (χ4v) is 2.90. The molecule has 20 heavy (non-hydrogen) atoms. The first-order valence-electron chi connectivity index (χ1n) is 6.21. The van der Waals surface area contributed by atoms with Gasteiger partial charge in [-0.05, 0) is 47.0 Å². The molecule has 0 bridgehead atoms. The first-order valence-corrected chi connectivity index (χ1v) is 7.38. The lowest BCUT2D eigenvalue weighted by Crippen LogP contribution is -2.42. The van der Waals surface area contributed by atoms with Crippen LogP contribution in [0, 0.1) is 5.92 Å². The molecule has 2 rings (SSSR count). The number of carboxylic acid groups (broad SMARTS) is 1. The van der Waals surface area contributed by atoms with Crippen LogP contribution in [0.1, 0.15) is 12.8 Å². The van der Waals surface area contributed by atoms with Crippen LogP contribution in [0.15, 0.2) is 22.7 Å². The van der Waals surface area contributed by atoms with Crippen molar-refractivity contribution < 1.29 is 14.7 Å². The number of amides is 2. The Hall–Kier alpha value is -1.27. The average molecular weight is 362 g/mol. The molecule has 0 aromatic heterocycles. The summed E-state index contributed by atoms with van der Waals surface area (Å²) in [6.45, 7) is 0.905. The van der Waals surface area contributed by atoms with E-state index in [0.29, 0.717) is 41.1 Å². The van der Waals surface area contributed by atoms with Crippen molar-refractivity contribution in [3.8, 4) is 0 Å². The number of likely N-dealkylation sites (tertiary alicyclic amines) is 1. The van der Waals surface area contributed by atoms with Crippen molar-refractivity contribution in [1.82, 2.24) is 4.90 Å². The van der Waals surface area contributed by atoms with Gasteiger partial charge in [-0.25, -0.2) is 4.79 Å². The molecule has 1 aromatic carbocycles. The summed E-state index contributed by atoms with van der Waals surface area (Å²) < 4.78 is 0.707. The molecule has 1 fully saturated rings. The molecule has 0 atom stereocenters. The molecule has 108 valence electrons. The number of nitrogens with zero attached hydrogens (tertiary/aromatic N) is 1. The Morgan fingerprint density at radius 1 is 1.35 bits per heavy atom. The molecule has 1 aliphatic heterocycles. The third kappa shape index (κ3) is 3.64. The molecule has 1 saturated heterocycles. The normalized spacial score (nSPS) is 16.0. The van der Waals surface area contributed by atoms with Crippen LogP contribution in [0.3, 0.4) is 0 Å². The molecule has 7 heteroatoms. The maximum absolute atomic E-state index is 12.1. The average Bonchev–Trinajstić information content (AvgIpc) is 2.42. The van der Waals surface area contributed by atoms with Crippen LogP contribution in [-0.2, 0) is 4.79 Å². The molecule has 1 aliphatic rings. The van der Waals surface area contributed by atoms with E-state index in [9.17, 15) is 9.59 Å². The number of halogens is 2. The number of hydrogen-bond acceptors (Lipinski definition) is 2. The zero-order valence-electron chi connectivity index (χ0n) is 10.6. The monoisotopic (exact) mass is 360 g/mol. The zero-order valence-corrected chi connectivity index (χ0v) is 12.9. The van der Waals surface area contributed by atoms with Gasteiger partial charge in [-0.15, -0.1) is 0 Å². The summed E-state index contributed by atoms with van der Waals surface area (Å²) in [7, 11) is 0. The maximum Gasteiger partial charge on any atom is 0.321 e. The highest BCUT2D eigenvalue weighted by atomic mass is 79.9. The predicted octanol–water partition coefficient (Wildman–Crippen LogP) is 3.43. The second kappa shape index (κ2) is 6.45. The number of anilines is 1. The molecule has 0 radical (unpaired) electrons. The quantitative estimate of drug-likeness (QED) is 0.848. The molecular formula is C13H14BrClN2O3. The lowest BCUT2D eigenvalue weighted by Gasteiger charge is -2.30. The summed E-state index contributed by atoms with van der Waals surface area (Å²) in [5.41, 5.74) is 0.639. The summed E-state index contributed by atoms with van der Waals surface area (Å²) in [6.07, 6.45) is 0.981. The fraction of sp³-hybridized carbons (Fsp3) is 0.385. The van der Waals surface area contributed by atoms with Crippen LogP contribution >= 0.6 is 27.5 Å². The van der Waals surface area contributed by atoms with E-state index >= 15 is 0 Å². The lowest BCUT2D eigenvalue weighted by molar-refractivity contribution is -0.143. The number of aliphatic carboxylic acids is 1. The van der Waals surface area contributed by atoms with E-state index in [1.165, 1.54) is 0 Å². The standard InChI is InChI=1S/C13H14BrClN2O3/c14-10-7-9(15)1-2-11(10)16-13(20)17-5-3-8(4-6-17)12(18)19/h1-2,7-8H,3-6H2,(H,16,20)(H,18,19). The topological polar surface area (TPSA) is 69.6 Å². The molecule has 0 saturated carbocycles. The minimum absolute atomic E-state index is 0.225. The minimum Gasteiger partial charge on any atom is -0.481 e. The predicted molar refractivity (Wildman–Crippen MR) is 80.1 cm³/mol. The Balaban J connectivity index is 1.94. The third-order valence-electron chi connectivity index (χ3n) is 3.30. The Morgan fingerprint density at radius 2 is 2.00 bits per heavy atom. The SMILES string of the molecule is O=C(O)C1CCN(C(=O)Nc2ccc(Cl)cc2Br)CC1. The summed E-state index contributed by atoms with van der Waals surface area (Å²) >= 11 is 9.17. The van der Waals surface area contributed by atoms with Crippen molar-refractivity contribution in [3.05, 3.63) is 27.7 Å². The van der Waals surface area contributed by atoms with E-state index in [4.69, 9.17) is 16.7 Å². The van der Waals surface area contributed by atoms with Crippen molar-refractivity contribution in [1.29, 1.82) is 0 Å². The first-order chi connectivity index (χ1) is 9.47. The highest BCUT2D eigenvalue weighted by molar-refractivity contribution is 9.10. The van der Waals surface area contributed by atoms with Crippen molar-refractivity contribution in [2.45, 2.75) is 12.8 Å². The van der Waals surface area contributed by atoms with Crippen LogP contribution in [0.25, 0.3) is 0 Å². The molecule has 2 amide bonds. The number of carbonyl (C=O) groups excluding carboxylic acids is 1. The molecule has 0 aliphatic carbocycles. The van der Waals surface area contributed by atoms with Gasteiger partial charge in [-0.2, -0.15) is 0 Å². The Kier molecular flexibility index (Phi) is 4.88. The van der Waals surface area contributed by atoms with Crippen molar-refractivity contribution in [3.63, 3.8) is 0 Å². The highest BCUT2D eigenvalue weighted by Crippen LogP contribution is 2.26. The van der Waals surface area contributed by atoms with Crippen LogP contribution in [0.5, 0.6) is 0 Å². The number of urea groups is 1. The summed E-state index contributed by atoms with van der Waals surface area (Å²) in [6, 6.07) is 4.89. The van der Waals surface area contributed by atoms with Gasteiger partial charge in [-0.1, -0.05) is 11.6 Å². The molecule has 1 aromatic rings. The van der Waals surface area contributed by atoms with Crippen LogP contribution in [0.4, 0.5) is 10.5 Å². The van der Waals surface area contributed by atoms with Crippen molar-refractivity contribution in [2.24, 2.45) is 5.92 Å². The molecular weight excluding hydrogens is 348 g/mol. The van der Waals surface area contributed by atoms with Gasteiger partial charge in [0.25, 0.3) is 0 Å². The van der Waals surface area contributed by atoms with Gasteiger partial charge in [0.2, 0.25) is 0 Å². The van der Waals surface area contributed by atoms with Gasteiger partial charge >= 0.3 is 12.0 Å². The van der Waals surface area contributed by atoms with E-state index in [1.54, 1.807) is 23.1 Å². The van der Waals surface area contributed by atoms with Crippen molar-refractivity contribution in [2.75, 3.05) is 18.4 Å². The zero-order chi connectivity index (χ0) is 14.7. The minimum atomic E-state index is -0.787. The Bertz CT molecular complexity index is 530. The lowest BCUT2D eigenvalue weighted by atomic mass is 9.97. The third-order valence-corrected chi connectivity index (χ3v) is 4.20. The van der Waals surface area contributed by atoms with E-state index in [2.05, 4.69) is 21.2 Å². The molecule has 0 spiro atoms. The number of benzene rings is 1. The molecule has 0 unspecified atom stereocenters. The van der Waals surface area contributed by atoms with Crippen LogP contribution in [-0.4, -0.2) is 35.1 Å². The first kappa shape index (κ1) is 15.1. The highest BCUT2D eigenvalue weighted by Gasteiger charge is 2.27. The number of carboxylic acids is 1. The van der Waals surface area contributed by atoms with E-state index < -0.39 is 5.97 Å². The van der Waals surface area contributed by atoms with Gasteiger partial charge in [0, 0.05) is 22.6 Å². The second-order valence-corrected chi connectivity index (χ2v) is 5.94. The number of hydrogen-bond donors (Lipinski definition) is 2. The number of nitrogens with one attached hydrogen (secondary N) is 1. The van der Waals surface area contributed by atoms with Crippen LogP contribution in [0.2, 0.25) is 5.02 Å². The molecule has 2 N–H and O–H groups in total. The number of piperidine rings is 1. The number of carbonyl (C=O) groups is 2. The van der Waals surface area contributed by atoms with Crippen LogP contribution < -0.4 is 5.32 Å². The largest absolute Gasteiger partial charge is 0.481 e. The smallest absolute Gasteiger partial charge is 0.321 e. The summed E-state index contributed by atoms with van der Waals surface area (Å²) in [4.78, 5) is 24.6. The maximum atomic E-state index is 12.1. The van der Waals surface area contributed by atoms with E-state index in [0.717, 1.165) is 0 Å². The van der Waals surface area contributed by atoms with Gasteiger partial charge in [0.1, 0.15) is 0 Å². The second-order valence-electron chi connectivity index (χ2n) is 4.65. The van der Waals surface area contributed by atoms with Gasteiger partial charge < -0.3 is 15.3 Å². The van der Waals surface area contributed by atoms with Crippen molar-refractivity contribution >= 4 is 45.2 Å². The van der Waals surface area contributed by atoms with Gasteiger partial charge in [0.15, 0.2) is 0 Å².